The van der Waals surface area contributed by atoms with E-state index < -0.39 is 0 Å². The number of amides is 1. The minimum absolute atomic E-state index is 0.0769. The summed E-state index contributed by atoms with van der Waals surface area (Å²) in [4.78, 5) is 17.2. The summed E-state index contributed by atoms with van der Waals surface area (Å²) in [6.07, 6.45) is 2.11. The van der Waals surface area contributed by atoms with Gasteiger partial charge in [-0.3, -0.25) is 4.79 Å². The van der Waals surface area contributed by atoms with Gasteiger partial charge in [0.15, 0.2) is 5.13 Å². The van der Waals surface area contributed by atoms with Crippen molar-refractivity contribution < 1.29 is 4.79 Å². The lowest BCUT2D eigenvalue weighted by Crippen LogP contribution is -2.14. The second-order valence-electron chi connectivity index (χ2n) is 4.58. The Balaban J connectivity index is 1.97. The second kappa shape index (κ2) is 6.17. The van der Waals surface area contributed by atoms with Crippen molar-refractivity contribution in [1.82, 2.24) is 4.98 Å². The van der Waals surface area contributed by atoms with Gasteiger partial charge in [0.05, 0.1) is 6.42 Å². The third-order valence-electron chi connectivity index (χ3n) is 2.59. The van der Waals surface area contributed by atoms with E-state index >= 15 is 0 Å². The van der Waals surface area contributed by atoms with Crippen LogP contribution in [0.2, 0.25) is 5.02 Å². The molecule has 19 heavy (non-hydrogen) atoms. The minimum Gasteiger partial charge on any atom is -0.302 e. The molecule has 3 nitrogen and oxygen atoms in total. The van der Waals surface area contributed by atoms with Crippen LogP contribution in [0.15, 0.2) is 30.5 Å². The van der Waals surface area contributed by atoms with Crippen LogP contribution in [0.5, 0.6) is 0 Å². The smallest absolute Gasteiger partial charge is 0.230 e. The Morgan fingerprint density at radius 3 is 2.89 bits per heavy atom. The van der Waals surface area contributed by atoms with E-state index in [0.29, 0.717) is 22.5 Å². The highest BCUT2D eigenvalue weighted by Gasteiger charge is 2.09. The molecule has 0 spiro atoms. The van der Waals surface area contributed by atoms with Gasteiger partial charge in [-0.15, -0.1) is 11.3 Å². The summed E-state index contributed by atoms with van der Waals surface area (Å²) in [5.41, 5.74) is 0.894. The lowest BCUT2D eigenvalue weighted by atomic mass is 10.1. The van der Waals surface area contributed by atoms with E-state index in [-0.39, 0.29) is 5.91 Å². The van der Waals surface area contributed by atoms with Crippen LogP contribution in [-0.4, -0.2) is 10.9 Å². The first-order valence-electron chi connectivity index (χ1n) is 6.04. The van der Waals surface area contributed by atoms with E-state index in [1.54, 1.807) is 12.1 Å². The number of hydrogen-bond donors (Lipinski definition) is 1. The average Bonchev–Trinajstić information content (AvgIpc) is 2.77. The molecule has 0 aliphatic carbocycles. The van der Waals surface area contributed by atoms with Crippen LogP contribution in [0.4, 0.5) is 5.13 Å². The van der Waals surface area contributed by atoms with Crippen molar-refractivity contribution in [3.63, 3.8) is 0 Å². The summed E-state index contributed by atoms with van der Waals surface area (Å²) >= 11 is 7.40. The van der Waals surface area contributed by atoms with Crippen LogP contribution in [0.25, 0.3) is 0 Å². The number of carbonyl (C=O) groups excluding carboxylic acids is 1. The van der Waals surface area contributed by atoms with Gasteiger partial charge in [-0.1, -0.05) is 37.6 Å². The number of thiazole rings is 1. The number of carbonyl (C=O) groups is 1. The minimum atomic E-state index is -0.0769. The standard InChI is InChI=1S/C14H15ClN2OS/c1-9(2)12-8-16-14(19-12)17-13(18)7-10-4-3-5-11(15)6-10/h3-6,8-9H,7H2,1-2H3,(H,16,17,18). The van der Waals surface area contributed by atoms with Crippen LogP contribution in [-0.2, 0) is 11.2 Å². The molecule has 2 rings (SSSR count). The van der Waals surface area contributed by atoms with Crippen molar-refractivity contribution in [3.8, 4) is 0 Å². The molecule has 5 heteroatoms. The predicted molar refractivity (Wildman–Crippen MR) is 80.0 cm³/mol. The quantitative estimate of drug-likeness (QED) is 0.922. The first-order valence-corrected chi connectivity index (χ1v) is 7.24. The summed E-state index contributed by atoms with van der Waals surface area (Å²) in [7, 11) is 0. The Bertz CT molecular complexity index is 580. The second-order valence-corrected chi connectivity index (χ2v) is 6.08. The van der Waals surface area contributed by atoms with Gasteiger partial charge in [-0.2, -0.15) is 0 Å². The predicted octanol–water partition coefficient (Wildman–Crippen LogP) is 4.10. The van der Waals surface area contributed by atoms with Crippen LogP contribution < -0.4 is 5.32 Å². The molecule has 1 amide bonds. The number of nitrogens with one attached hydrogen (secondary N) is 1. The Kier molecular flexibility index (Phi) is 4.56. The van der Waals surface area contributed by atoms with E-state index in [1.165, 1.54) is 11.3 Å². The third kappa shape index (κ3) is 4.04. The summed E-state index contributed by atoms with van der Waals surface area (Å²) in [5, 5.41) is 4.10. The lowest BCUT2D eigenvalue weighted by molar-refractivity contribution is -0.115. The van der Waals surface area contributed by atoms with Gasteiger partial charge >= 0.3 is 0 Å². The van der Waals surface area contributed by atoms with E-state index in [2.05, 4.69) is 24.1 Å². The van der Waals surface area contributed by atoms with Gasteiger partial charge in [0, 0.05) is 16.1 Å². The molecule has 1 N–H and O–H groups in total. The van der Waals surface area contributed by atoms with Gasteiger partial charge in [0.2, 0.25) is 5.91 Å². The molecule has 100 valence electrons. The fourth-order valence-electron chi connectivity index (χ4n) is 1.61. The fraction of sp³-hybridized carbons (Fsp3) is 0.286. The summed E-state index contributed by atoms with van der Waals surface area (Å²) in [6, 6.07) is 7.30. The zero-order valence-corrected chi connectivity index (χ0v) is 12.4. The van der Waals surface area contributed by atoms with Crippen molar-refractivity contribution in [2.45, 2.75) is 26.2 Å². The number of aromatic nitrogens is 1. The van der Waals surface area contributed by atoms with Crippen LogP contribution in [0, 0.1) is 0 Å². The summed E-state index contributed by atoms with van der Waals surface area (Å²) in [5.74, 6) is 0.350. The van der Waals surface area contributed by atoms with Crippen molar-refractivity contribution in [2.75, 3.05) is 5.32 Å². The van der Waals surface area contributed by atoms with Crippen molar-refractivity contribution in [1.29, 1.82) is 0 Å². The molecule has 0 aliphatic heterocycles. The zero-order valence-electron chi connectivity index (χ0n) is 10.8. The monoisotopic (exact) mass is 294 g/mol. The molecule has 0 unspecified atom stereocenters. The molecule has 0 atom stereocenters. The molecule has 0 saturated carbocycles. The molecule has 2 aromatic rings. The molecule has 0 radical (unpaired) electrons. The zero-order chi connectivity index (χ0) is 13.8. The molecular formula is C14H15ClN2OS. The van der Waals surface area contributed by atoms with Crippen molar-refractivity contribution in [2.24, 2.45) is 0 Å². The summed E-state index contributed by atoms with van der Waals surface area (Å²) < 4.78 is 0. The molecule has 0 saturated heterocycles. The highest BCUT2D eigenvalue weighted by atomic mass is 35.5. The summed E-state index contributed by atoms with van der Waals surface area (Å²) in [6.45, 7) is 4.20. The number of halogens is 1. The number of nitrogens with zero attached hydrogens (tertiary/aromatic N) is 1. The molecule has 1 heterocycles. The van der Waals surface area contributed by atoms with Gasteiger partial charge < -0.3 is 5.32 Å². The number of hydrogen-bond acceptors (Lipinski definition) is 3. The maximum Gasteiger partial charge on any atom is 0.230 e. The van der Waals surface area contributed by atoms with Crippen molar-refractivity contribution >= 4 is 34.0 Å². The maximum atomic E-state index is 11.9. The van der Waals surface area contributed by atoms with Crippen LogP contribution >= 0.6 is 22.9 Å². The molecule has 0 bridgehead atoms. The lowest BCUT2D eigenvalue weighted by Gasteiger charge is -2.02. The number of benzene rings is 1. The van der Waals surface area contributed by atoms with E-state index in [1.807, 2.05) is 18.3 Å². The van der Waals surface area contributed by atoms with Gasteiger partial charge in [-0.05, 0) is 23.6 Å². The van der Waals surface area contributed by atoms with E-state index in [4.69, 9.17) is 11.6 Å². The normalized spacial score (nSPS) is 10.7. The molecular weight excluding hydrogens is 280 g/mol. The highest BCUT2D eigenvalue weighted by molar-refractivity contribution is 7.15. The highest BCUT2D eigenvalue weighted by Crippen LogP contribution is 2.25. The Hall–Kier alpha value is -1.39. The Morgan fingerprint density at radius 2 is 2.26 bits per heavy atom. The van der Waals surface area contributed by atoms with Gasteiger partial charge in [0.25, 0.3) is 0 Å². The average molecular weight is 295 g/mol. The SMILES string of the molecule is CC(C)c1cnc(NC(=O)Cc2cccc(Cl)c2)s1. The van der Waals surface area contributed by atoms with Crippen LogP contribution in [0.3, 0.4) is 0 Å². The van der Waals surface area contributed by atoms with Gasteiger partial charge in [-0.25, -0.2) is 4.98 Å². The fourth-order valence-corrected chi connectivity index (χ4v) is 2.65. The molecule has 0 aliphatic rings. The topological polar surface area (TPSA) is 42.0 Å². The maximum absolute atomic E-state index is 11.9. The van der Waals surface area contributed by atoms with E-state index in [0.717, 1.165) is 10.4 Å². The Labute approximate surface area is 121 Å². The largest absolute Gasteiger partial charge is 0.302 e. The Morgan fingerprint density at radius 1 is 1.47 bits per heavy atom. The van der Waals surface area contributed by atoms with Gasteiger partial charge in [0.1, 0.15) is 0 Å². The molecule has 0 fully saturated rings. The first kappa shape index (κ1) is 14.0. The van der Waals surface area contributed by atoms with Crippen LogP contribution in [0.1, 0.15) is 30.2 Å². The number of rotatable bonds is 4. The molecule has 1 aromatic heterocycles. The molecule has 1 aromatic carbocycles. The first-order chi connectivity index (χ1) is 9.04. The van der Waals surface area contributed by atoms with Crippen molar-refractivity contribution in [3.05, 3.63) is 45.9 Å². The number of anilines is 1. The third-order valence-corrected chi connectivity index (χ3v) is 4.04. The van der Waals surface area contributed by atoms with E-state index in [9.17, 15) is 4.79 Å².